The van der Waals surface area contributed by atoms with Crippen LogP contribution < -0.4 is 15.4 Å². The summed E-state index contributed by atoms with van der Waals surface area (Å²) in [4.78, 5) is 36.9. The summed E-state index contributed by atoms with van der Waals surface area (Å²) in [5, 5.41) is 5.51. The second-order valence-corrected chi connectivity index (χ2v) is 5.78. The molecule has 0 bridgehead atoms. The Morgan fingerprint density at radius 3 is 2.43 bits per heavy atom. The van der Waals surface area contributed by atoms with E-state index < -0.39 is 5.91 Å². The molecule has 0 saturated carbocycles. The number of ether oxygens (including phenoxy) is 1. The number of pyridine rings is 1. The van der Waals surface area contributed by atoms with Crippen LogP contribution in [0.5, 0.6) is 5.75 Å². The summed E-state index contributed by atoms with van der Waals surface area (Å²) < 4.78 is 5.20. The van der Waals surface area contributed by atoms with Crippen LogP contribution >= 0.6 is 0 Å². The van der Waals surface area contributed by atoms with Crippen molar-refractivity contribution in [3.63, 3.8) is 0 Å². The molecule has 0 radical (unpaired) electrons. The number of benzene rings is 1. The van der Waals surface area contributed by atoms with Gasteiger partial charge < -0.3 is 15.4 Å². The van der Waals surface area contributed by atoms with Crippen LogP contribution in [-0.4, -0.2) is 33.9 Å². The molecule has 0 aliphatic rings. The third kappa shape index (κ3) is 4.47. The van der Waals surface area contributed by atoms with Gasteiger partial charge in [0, 0.05) is 31.1 Å². The lowest BCUT2D eigenvalue weighted by Gasteiger charge is -2.13. The maximum atomic E-state index is 12.6. The van der Waals surface area contributed by atoms with E-state index in [1.54, 1.807) is 43.5 Å². The summed E-state index contributed by atoms with van der Waals surface area (Å²) in [6, 6.07) is 10.4. The van der Waals surface area contributed by atoms with Gasteiger partial charge in [-0.15, -0.1) is 0 Å². The predicted molar refractivity (Wildman–Crippen MR) is 105 cm³/mol. The molecule has 3 rings (SSSR count). The second kappa shape index (κ2) is 8.72. The molecule has 1 aromatic carbocycles. The highest BCUT2D eigenvalue weighted by Gasteiger charge is 2.13. The molecule has 28 heavy (non-hydrogen) atoms. The number of nitrogens with one attached hydrogen (secondary N) is 2. The number of nitrogens with zero attached hydrogens (tertiary/aromatic N) is 3. The van der Waals surface area contributed by atoms with E-state index in [-0.39, 0.29) is 11.5 Å². The molecule has 0 atom stereocenters. The van der Waals surface area contributed by atoms with E-state index in [0.29, 0.717) is 35.1 Å². The third-order valence-corrected chi connectivity index (χ3v) is 3.88. The summed E-state index contributed by atoms with van der Waals surface area (Å²) in [6.45, 7) is 1.75. The van der Waals surface area contributed by atoms with Crippen molar-refractivity contribution in [2.45, 2.75) is 13.3 Å². The van der Waals surface area contributed by atoms with E-state index in [9.17, 15) is 9.59 Å². The van der Waals surface area contributed by atoms with Crippen molar-refractivity contribution in [2.75, 3.05) is 17.7 Å². The normalized spacial score (nSPS) is 10.2. The highest BCUT2D eigenvalue weighted by Crippen LogP contribution is 2.27. The molecule has 0 saturated heterocycles. The monoisotopic (exact) mass is 377 g/mol. The van der Waals surface area contributed by atoms with Gasteiger partial charge in [-0.1, -0.05) is 13.0 Å². The van der Waals surface area contributed by atoms with Gasteiger partial charge in [-0.05, 0) is 24.3 Å². The molecule has 142 valence electrons. The topological polar surface area (TPSA) is 106 Å². The van der Waals surface area contributed by atoms with Gasteiger partial charge in [-0.2, -0.15) is 0 Å². The summed E-state index contributed by atoms with van der Waals surface area (Å²) in [5.41, 5.74) is 1.79. The van der Waals surface area contributed by atoms with Gasteiger partial charge in [0.05, 0.1) is 24.0 Å². The number of hydrogen-bond acceptors (Lipinski definition) is 6. The molecule has 8 heteroatoms. The highest BCUT2D eigenvalue weighted by molar-refractivity contribution is 6.07. The number of rotatable bonds is 6. The summed E-state index contributed by atoms with van der Waals surface area (Å²) in [7, 11) is 1.52. The van der Waals surface area contributed by atoms with Crippen molar-refractivity contribution in [2.24, 2.45) is 0 Å². The first-order chi connectivity index (χ1) is 13.6. The number of carbonyl (C=O) groups is 2. The largest absolute Gasteiger partial charge is 0.497 e. The average molecular weight is 377 g/mol. The number of methoxy groups -OCH3 is 1. The minimum atomic E-state index is -0.409. The Morgan fingerprint density at radius 2 is 1.79 bits per heavy atom. The maximum Gasteiger partial charge on any atom is 0.258 e. The van der Waals surface area contributed by atoms with Crippen molar-refractivity contribution >= 4 is 23.2 Å². The second-order valence-electron chi connectivity index (χ2n) is 5.78. The Hall–Kier alpha value is -3.81. The maximum absolute atomic E-state index is 12.6. The number of hydrogen-bond donors (Lipinski definition) is 2. The first kappa shape index (κ1) is 19.0. The van der Waals surface area contributed by atoms with Gasteiger partial charge >= 0.3 is 0 Å². The van der Waals surface area contributed by atoms with E-state index in [0.717, 1.165) is 0 Å². The Morgan fingerprint density at radius 1 is 1.00 bits per heavy atom. The molecule has 2 aromatic heterocycles. The van der Waals surface area contributed by atoms with Crippen molar-refractivity contribution in [1.29, 1.82) is 0 Å². The number of carbonyl (C=O) groups excluding carboxylic acids is 2. The molecular weight excluding hydrogens is 358 g/mol. The zero-order chi connectivity index (χ0) is 19.9. The number of aromatic nitrogens is 3. The molecule has 0 aliphatic heterocycles. The van der Waals surface area contributed by atoms with Crippen LogP contribution in [0, 0.1) is 0 Å². The van der Waals surface area contributed by atoms with E-state index in [2.05, 4.69) is 25.6 Å². The quantitative estimate of drug-likeness (QED) is 0.683. The smallest absolute Gasteiger partial charge is 0.258 e. The minimum Gasteiger partial charge on any atom is -0.497 e. The highest BCUT2D eigenvalue weighted by atomic mass is 16.5. The predicted octanol–water partition coefficient (Wildman–Crippen LogP) is 3.15. The van der Waals surface area contributed by atoms with Crippen LogP contribution in [0.2, 0.25) is 0 Å². The van der Waals surface area contributed by atoms with E-state index >= 15 is 0 Å². The van der Waals surface area contributed by atoms with Crippen molar-refractivity contribution < 1.29 is 14.3 Å². The first-order valence-electron chi connectivity index (χ1n) is 8.63. The van der Waals surface area contributed by atoms with Crippen LogP contribution in [-0.2, 0) is 4.79 Å². The van der Waals surface area contributed by atoms with Crippen LogP contribution in [0.1, 0.15) is 23.7 Å². The summed E-state index contributed by atoms with van der Waals surface area (Å²) >= 11 is 0. The Balaban J connectivity index is 1.81. The molecule has 0 fully saturated rings. The average Bonchev–Trinajstić information content (AvgIpc) is 2.75. The molecule has 2 amide bonds. The van der Waals surface area contributed by atoms with Crippen LogP contribution in [0.15, 0.2) is 55.0 Å². The lowest BCUT2D eigenvalue weighted by molar-refractivity contribution is -0.115. The number of anilines is 2. The minimum absolute atomic E-state index is 0.163. The van der Waals surface area contributed by atoms with Gasteiger partial charge in [0.2, 0.25) is 5.91 Å². The molecule has 8 nitrogen and oxygen atoms in total. The summed E-state index contributed by atoms with van der Waals surface area (Å²) in [5.74, 6) is 0.400. The summed E-state index contributed by atoms with van der Waals surface area (Å²) in [6.07, 6.45) is 4.82. The zero-order valence-electron chi connectivity index (χ0n) is 15.5. The fourth-order valence-corrected chi connectivity index (χ4v) is 2.37. The van der Waals surface area contributed by atoms with Crippen LogP contribution in [0.3, 0.4) is 0 Å². The fourth-order valence-electron chi connectivity index (χ4n) is 2.37. The van der Waals surface area contributed by atoms with E-state index in [1.807, 2.05) is 6.07 Å². The van der Waals surface area contributed by atoms with E-state index in [4.69, 9.17) is 4.74 Å². The van der Waals surface area contributed by atoms with Gasteiger partial charge in [-0.25, -0.2) is 9.97 Å². The Labute approximate surface area is 162 Å². The van der Waals surface area contributed by atoms with Gasteiger partial charge in [0.1, 0.15) is 11.4 Å². The Bertz CT molecular complexity index is 975. The van der Waals surface area contributed by atoms with E-state index in [1.165, 1.54) is 19.5 Å². The molecule has 2 heterocycles. The van der Waals surface area contributed by atoms with Crippen LogP contribution in [0.4, 0.5) is 11.4 Å². The SMILES string of the molecule is CCC(=O)Nc1ccc(OC)cc1NC(=O)c1cnc(-c2ccccn2)nc1. The van der Waals surface area contributed by atoms with Gasteiger partial charge in [-0.3, -0.25) is 14.6 Å². The molecular formula is C20H19N5O3. The molecule has 0 unspecified atom stereocenters. The molecule has 3 aromatic rings. The first-order valence-corrected chi connectivity index (χ1v) is 8.63. The van der Waals surface area contributed by atoms with Gasteiger partial charge in [0.25, 0.3) is 5.91 Å². The fraction of sp³-hybridized carbons (Fsp3) is 0.150. The number of amides is 2. The Kier molecular flexibility index (Phi) is 5.91. The molecule has 2 N–H and O–H groups in total. The lowest BCUT2D eigenvalue weighted by atomic mass is 10.2. The van der Waals surface area contributed by atoms with Crippen LogP contribution in [0.25, 0.3) is 11.5 Å². The van der Waals surface area contributed by atoms with Crippen molar-refractivity contribution in [3.05, 3.63) is 60.6 Å². The van der Waals surface area contributed by atoms with Crippen molar-refractivity contribution in [1.82, 2.24) is 15.0 Å². The zero-order valence-corrected chi connectivity index (χ0v) is 15.5. The molecule has 0 aliphatic carbocycles. The molecule has 0 spiro atoms. The lowest BCUT2D eigenvalue weighted by Crippen LogP contribution is -2.16. The van der Waals surface area contributed by atoms with Crippen molar-refractivity contribution in [3.8, 4) is 17.3 Å². The third-order valence-electron chi connectivity index (χ3n) is 3.88. The van der Waals surface area contributed by atoms with Gasteiger partial charge in [0.15, 0.2) is 5.82 Å². The standard InChI is InChI=1S/C20H19N5O3/c1-3-18(26)24-15-8-7-14(28-2)10-17(15)25-20(27)13-11-22-19(23-12-13)16-6-4-5-9-21-16/h4-12H,3H2,1-2H3,(H,24,26)(H,25,27).